The van der Waals surface area contributed by atoms with E-state index in [4.69, 9.17) is 15.4 Å². The Kier molecular flexibility index (Phi) is 4.04. The lowest BCUT2D eigenvalue weighted by Gasteiger charge is -2.08. The first kappa shape index (κ1) is 14.5. The molecule has 0 aliphatic heterocycles. The molecule has 0 saturated carbocycles. The Labute approximate surface area is 104 Å². The quantitative estimate of drug-likeness (QED) is 0.250. The second-order valence-electron chi connectivity index (χ2n) is 3.48. The third-order valence-electron chi connectivity index (χ3n) is 1.91. The fourth-order valence-corrected chi connectivity index (χ4v) is 3.37. The highest BCUT2D eigenvalue weighted by Gasteiger charge is 2.16. The van der Waals surface area contributed by atoms with E-state index in [-0.39, 0.29) is 17.1 Å². The fraction of sp³-hybridized carbons (Fsp3) is 0.250. The number of nitrogens with two attached hydrogens (primary N) is 1. The topological polar surface area (TPSA) is 147 Å². The predicted octanol–water partition coefficient (Wildman–Crippen LogP) is -0.396. The van der Waals surface area contributed by atoms with Gasteiger partial charge in [0, 0.05) is 0 Å². The van der Waals surface area contributed by atoms with Gasteiger partial charge in [0.1, 0.15) is 5.75 Å². The molecule has 0 saturated heterocycles. The smallest absolute Gasteiger partial charge is 0.265 e. The molecule has 102 valence electrons. The van der Waals surface area contributed by atoms with Gasteiger partial charge >= 0.3 is 0 Å². The molecule has 0 heterocycles. The maximum atomic E-state index is 11.5. The van der Waals surface area contributed by atoms with Crippen LogP contribution in [-0.2, 0) is 20.1 Å². The monoisotopic (exact) mass is 296 g/mol. The Balaban J connectivity index is 2.80. The van der Waals surface area contributed by atoms with Gasteiger partial charge in [-0.3, -0.25) is 9.27 Å². The van der Waals surface area contributed by atoms with Crippen LogP contribution in [0.4, 0.5) is 11.4 Å². The zero-order valence-corrected chi connectivity index (χ0v) is 10.7. The van der Waals surface area contributed by atoms with E-state index in [1.165, 1.54) is 18.2 Å². The van der Waals surface area contributed by atoms with Crippen LogP contribution in [0.3, 0.4) is 0 Å². The summed E-state index contributed by atoms with van der Waals surface area (Å²) in [7, 11) is -8.27. The molecule has 5 N–H and O–H groups in total. The van der Waals surface area contributed by atoms with Gasteiger partial charge in [0.05, 0.1) is 22.9 Å². The number of benzene rings is 1. The molecule has 18 heavy (non-hydrogen) atoms. The third kappa shape index (κ3) is 4.77. The van der Waals surface area contributed by atoms with Crippen molar-refractivity contribution in [3.8, 4) is 5.75 Å². The van der Waals surface area contributed by atoms with E-state index in [0.717, 1.165) is 0 Å². The number of sulfonamides is 1. The number of nitrogens with one attached hydrogen (secondary N) is 1. The number of aromatic hydroxyl groups is 1. The highest BCUT2D eigenvalue weighted by Crippen LogP contribution is 2.23. The molecule has 0 amide bonds. The van der Waals surface area contributed by atoms with Gasteiger partial charge in [-0.25, -0.2) is 8.42 Å². The van der Waals surface area contributed by atoms with Crippen LogP contribution in [0.15, 0.2) is 18.2 Å². The number of anilines is 2. The van der Waals surface area contributed by atoms with Gasteiger partial charge in [-0.05, 0) is 18.2 Å². The summed E-state index contributed by atoms with van der Waals surface area (Å²) < 4.78 is 54.3. The van der Waals surface area contributed by atoms with Crippen LogP contribution < -0.4 is 10.5 Å². The molecule has 0 atom stereocenters. The maximum Gasteiger partial charge on any atom is 0.265 e. The maximum absolute atomic E-state index is 11.5. The number of nitrogen functional groups attached to an aromatic ring is 1. The lowest BCUT2D eigenvalue weighted by molar-refractivity contribution is 0.478. The van der Waals surface area contributed by atoms with Crippen molar-refractivity contribution in [2.24, 2.45) is 0 Å². The van der Waals surface area contributed by atoms with Crippen LogP contribution >= 0.6 is 0 Å². The summed E-state index contributed by atoms with van der Waals surface area (Å²) >= 11 is 0. The average molecular weight is 296 g/mol. The third-order valence-corrected chi connectivity index (χ3v) is 4.18. The standard InChI is InChI=1S/C8H12N2O6S2/c9-7-5-6(1-2-8(7)11)10-17(12,13)3-4-18(14,15)16/h1-2,5,10-11H,3-4,9H2,(H,14,15,16). The summed E-state index contributed by atoms with van der Waals surface area (Å²) in [6.07, 6.45) is 0. The van der Waals surface area contributed by atoms with Crippen LogP contribution in [0.2, 0.25) is 0 Å². The van der Waals surface area contributed by atoms with E-state index >= 15 is 0 Å². The Morgan fingerprint density at radius 1 is 1.17 bits per heavy atom. The summed E-state index contributed by atoms with van der Waals surface area (Å²) in [4.78, 5) is 0. The van der Waals surface area contributed by atoms with E-state index in [0.29, 0.717) is 0 Å². The van der Waals surface area contributed by atoms with Crippen LogP contribution in [-0.4, -0.2) is 38.0 Å². The van der Waals surface area contributed by atoms with Crippen molar-refractivity contribution in [3.05, 3.63) is 18.2 Å². The molecule has 10 heteroatoms. The molecule has 1 aromatic carbocycles. The molecule has 8 nitrogen and oxygen atoms in total. The van der Waals surface area contributed by atoms with Crippen molar-refractivity contribution in [2.75, 3.05) is 22.0 Å². The van der Waals surface area contributed by atoms with Gasteiger partial charge < -0.3 is 10.8 Å². The zero-order valence-electron chi connectivity index (χ0n) is 9.07. The Morgan fingerprint density at radius 3 is 2.28 bits per heavy atom. The van der Waals surface area contributed by atoms with E-state index in [1.807, 2.05) is 0 Å². The Morgan fingerprint density at radius 2 is 1.78 bits per heavy atom. The number of phenols is 1. The van der Waals surface area contributed by atoms with Gasteiger partial charge in [0.25, 0.3) is 10.1 Å². The molecule has 1 aromatic rings. The van der Waals surface area contributed by atoms with Crippen LogP contribution in [0.1, 0.15) is 0 Å². The van der Waals surface area contributed by atoms with Crippen molar-refractivity contribution >= 4 is 31.5 Å². The van der Waals surface area contributed by atoms with Crippen LogP contribution in [0.25, 0.3) is 0 Å². The fourth-order valence-electron chi connectivity index (χ4n) is 1.06. The Bertz CT molecular complexity index is 638. The van der Waals surface area contributed by atoms with E-state index < -0.39 is 31.6 Å². The predicted molar refractivity (Wildman–Crippen MR) is 66.3 cm³/mol. The minimum Gasteiger partial charge on any atom is -0.506 e. The zero-order chi connectivity index (χ0) is 14.0. The summed E-state index contributed by atoms with van der Waals surface area (Å²) in [5.74, 6) is -1.89. The number of hydrogen-bond donors (Lipinski definition) is 4. The first-order valence-corrected chi connectivity index (χ1v) is 7.89. The molecule has 0 aromatic heterocycles. The molecule has 0 unspecified atom stereocenters. The molecular weight excluding hydrogens is 284 g/mol. The summed E-state index contributed by atoms with van der Waals surface area (Å²) in [5, 5.41) is 9.14. The van der Waals surface area contributed by atoms with Gasteiger partial charge in [-0.2, -0.15) is 8.42 Å². The molecule has 0 fully saturated rings. The molecule has 0 aliphatic carbocycles. The second-order valence-corrected chi connectivity index (χ2v) is 6.89. The average Bonchev–Trinajstić information content (AvgIpc) is 2.20. The molecule has 0 bridgehead atoms. The number of rotatable bonds is 5. The van der Waals surface area contributed by atoms with Gasteiger partial charge in [-0.1, -0.05) is 0 Å². The highest BCUT2D eigenvalue weighted by molar-refractivity contribution is 7.94. The van der Waals surface area contributed by atoms with Crippen molar-refractivity contribution in [1.29, 1.82) is 0 Å². The largest absolute Gasteiger partial charge is 0.506 e. The lowest BCUT2D eigenvalue weighted by Crippen LogP contribution is -2.22. The normalized spacial score (nSPS) is 12.3. The first-order chi connectivity index (χ1) is 8.09. The van der Waals surface area contributed by atoms with Gasteiger partial charge in [0.2, 0.25) is 10.0 Å². The second kappa shape index (κ2) is 5.00. The SMILES string of the molecule is Nc1cc(NS(=O)(=O)CCS(=O)(=O)O)ccc1O. The van der Waals surface area contributed by atoms with E-state index in [1.54, 1.807) is 0 Å². The minimum atomic E-state index is -4.35. The highest BCUT2D eigenvalue weighted by atomic mass is 32.2. The molecule has 0 radical (unpaired) electrons. The van der Waals surface area contributed by atoms with Crippen molar-refractivity contribution < 1.29 is 26.5 Å². The van der Waals surface area contributed by atoms with Crippen molar-refractivity contribution in [1.82, 2.24) is 0 Å². The lowest BCUT2D eigenvalue weighted by atomic mass is 10.3. The minimum absolute atomic E-state index is 0.0232. The van der Waals surface area contributed by atoms with Crippen molar-refractivity contribution in [2.45, 2.75) is 0 Å². The number of phenolic OH excluding ortho intramolecular Hbond substituents is 1. The number of hydrogen-bond acceptors (Lipinski definition) is 6. The molecule has 1 rings (SSSR count). The Hall–Kier alpha value is -1.52. The molecular formula is C8H12N2O6S2. The molecule has 0 spiro atoms. The van der Waals surface area contributed by atoms with E-state index in [9.17, 15) is 16.8 Å². The first-order valence-electron chi connectivity index (χ1n) is 4.63. The van der Waals surface area contributed by atoms with Gasteiger partial charge in [0.15, 0.2) is 0 Å². The van der Waals surface area contributed by atoms with Crippen LogP contribution in [0.5, 0.6) is 5.75 Å². The summed E-state index contributed by atoms with van der Waals surface area (Å²) in [5.41, 5.74) is 5.42. The molecule has 0 aliphatic rings. The summed E-state index contributed by atoms with van der Waals surface area (Å²) in [6, 6.07) is 3.63. The van der Waals surface area contributed by atoms with Crippen LogP contribution in [0, 0.1) is 0 Å². The summed E-state index contributed by atoms with van der Waals surface area (Å²) in [6.45, 7) is 0. The van der Waals surface area contributed by atoms with Gasteiger partial charge in [-0.15, -0.1) is 0 Å². The van der Waals surface area contributed by atoms with E-state index in [2.05, 4.69) is 4.72 Å². The van der Waals surface area contributed by atoms with Crippen molar-refractivity contribution in [3.63, 3.8) is 0 Å².